The molecule has 5 aromatic carbocycles. The number of aromatic hydroxyl groups is 1. The molecule has 460 valence electrons. The number of likely N-dealkylation sites (tertiary alicyclic amines) is 1. The molecule has 8 atom stereocenters. The quantitative estimate of drug-likeness (QED) is 0.0291. The van der Waals surface area contributed by atoms with E-state index in [9.17, 15) is 48.3 Å². The lowest BCUT2D eigenvalue weighted by Gasteiger charge is -2.30. The maximum absolute atomic E-state index is 15.0. The van der Waals surface area contributed by atoms with Crippen molar-refractivity contribution in [1.29, 1.82) is 0 Å². The molecule has 1 aliphatic heterocycles. The highest BCUT2D eigenvalue weighted by Crippen LogP contribution is 2.25. The summed E-state index contributed by atoms with van der Waals surface area (Å²) in [6, 6.07) is 32.4. The lowest BCUT2D eigenvalue weighted by atomic mass is 9.99. The first-order valence-electron chi connectivity index (χ1n) is 29.5. The normalized spacial score (nSPS) is 15.4. The van der Waals surface area contributed by atoms with E-state index in [-0.39, 0.29) is 63.8 Å². The number of nitrogens with zero attached hydrogens (tertiary/aromatic N) is 3. The highest BCUT2D eigenvalue weighted by molar-refractivity contribution is 5.97. The van der Waals surface area contributed by atoms with Gasteiger partial charge in [0.15, 0.2) is 0 Å². The van der Waals surface area contributed by atoms with Gasteiger partial charge in [-0.15, -0.1) is 0 Å². The van der Waals surface area contributed by atoms with Gasteiger partial charge in [-0.3, -0.25) is 47.7 Å². The van der Waals surface area contributed by atoms with E-state index < -0.39 is 102 Å². The van der Waals surface area contributed by atoms with Gasteiger partial charge in [0.1, 0.15) is 42.0 Å². The van der Waals surface area contributed by atoms with Crippen LogP contribution in [0, 0.1) is 5.92 Å². The van der Waals surface area contributed by atoms with Crippen molar-refractivity contribution in [3.63, 3.8) is 0 Å². The number of carbonyl (C=O) groups excluding carboxylic acids is 9. The number of amides is 8. The van der Waals surface area contributed by atoms with Crippen LogP contribution < -0.4 is 43.0 Å². The molecule has 7 aromatic rings. The zero-order valence-corrected chi connectivity index (χ0v) is 49.4. The molecule has 0 bridgehead atoms. The lowest BCUT2D eigenvalue weighted by Crippen LogP contribution is -2.60. The predicted molar refractivity (Wildman–Crippen MR) is 330 cm³/mol. The molecule has 8 rings (SSSR count). The van der Waals surface area contributed by atoms with E-state index in [4.69, 9.17) is 5.73 Å². The first kappa shape index (κ1) is 64.0. The van der Waals surface area contributed by atoms with Gasteiger partial charge < -0.3 is 57.9 Å². The summed E-state index contributed by atoms with van der Waals surface area (Å²) in [4.78, 5) is 134. The highest BCUT2D eigenvalue weighted by Gasteiger charge is 2.40. The smallest absolute Gasteiger partial charge is 0.246 e. The van der Waals surface area contributed by atoms with Crippen molar-refractivity contribution in [2.24, 2.45) is 11.7 Å². The standard InChI is InChI=1S/C66H76N12O10/c1-41(2)59(65(87)73-52(60(67)82)31-46-25-27-50(81)28-26-46)76-61(83)53(32-44-18-9-5-10-19-44)69-37-49(30-43-16-7-4-8-17-43)72-62(84)55(35-48-36-68-39-70-48)74-63(85)54(33-45-20-11-6-12-21-45)75-64(86)58-24-15-29-78(58)66(88)56(71-42(3)80)34-47-38-77(40-79)57-23-14-13-22-51(47)57/h4-14,16-23,25-28,36,38-41,49,52-56,58-59,69,81H,15,24,29-35,37H2,1-3H3,(H2,67,82)(H,68,70)(H,71,80)(H,72,84)(H,73,87)(H,74,85)(H,75,86)(H,76,83). The highest BCUT2D eigenvalue weighted by atomic mass is 16.3. The number of nitrogens with one attached hydrogen (secondary N) is 8. The Hall–Kier alpha value is -9.96. The third-order valence-electron chi connectivity index (χ3n) is 15.6. The van der Waals surface area contributed by atoms with Gasteiger partial charge in [0.05, 0.1) is 17.9 Å². The molecular formula is C66H76N12O10. The number of carbonyl (C=O) groups is 9. The molecule has 1 aliphatic rings. The number of fused-ring (bicyclic) bond motifs is 1. The topological polar surface area (TPSA) is 321 Å². The van der Waals surface area contributed by atoms with Crippen LogP contribution in [-0.2, 0) is 81.7 Å². The number of phenols is 1. The number of nitrogens with two attached hydrogens (primary N) is 1. The number of benzene rings is 5. The number of hydrogen-bond donors (Lipinski definition) is 10. The van der Waals surface area contributed by atoms with Crippen LogP contribution in [0.25, 0.3) is 10.9 Å². The summed E-state index contributed by atoms with van der Waals surface area (Å²) < 4.78 is 1.41. The van der Waals surface area contributed by atoms with Gasteiger partial charge in [0.25, 0.3) is 0 Å². The van der Waals surface area contributed by atoms with Crippen molar-refractivity contribution >= 4 is 64.6 Å². The number of H-pyrrole nitrogens is 1. The van der Waals surface area contributed by atoms with Crippen LogP contribution in [-0.4, -0.2) is 140 Å². The summed E-state index contributed by atoms with van der Waals surface area (Å²) in [5.41, 5.74) is 10.5. The maximum atomic E-state index is 15.0. The second-order valence-electron chi connectivity index (χ2n) is 22.5. The Morgan fingerprint density at radius 2 is 1.18 bits per heavy atom. The average molecular weight is 1200 g/mol. The van der Waals surface area contributed by atoms with Crippen molar-refractivity contribution < 1.29 is 48.3 Å². The summed E-state index contributed by atoms with van der Waals surface area (Å²) in [7, 11) is 0. The predicted octanol–water partition coefficient (Wildman–Crippen LogP) is 2.88. The Morgan fingerprint density at radius 1 is 0.625 bits per heavy atom. The summed E-state index contributed by atoms with van der Waals surface area (Å²) in [6.45, 7) is 5.01. The van der Waals surface area contributed by atoms with E-state index in [0.29, 0.717) is 40.7 Å². The van der Waals surface area contributed by atoms with Crippen molar-refractivity contribution in [2.75, 3.05) is 13.1 Å². The number of phenolic OH excluding ortho intramolecular Hbond substituents is 1. The molecule has 1 fully saturated rings. The van der Waals surface area contributed by atoms with Crippen molar-refractivity contribution in [2.45, 2.75) is 120 Å². The minimum absolute atomic E-state index is 0.00304. The molecule has 88 heavy (non-hydrogen) atoms. The largest absolute Gasteiger partial charge is 0.508 e. The fourth-order valence-electron chi connectivity index (χ4n) is 11.0. The SMILES string of the molecule is CC(=O)NC(Cc1cn(C=O)c2ccccc12)C(=O)N1CCCC1C(=O)NC(Cc1ccccc1)C(=O)NC(Cc1cnc[nH]1)C(=O)NC(CNC(Cc1ccccc1)C(=O)NC(C(=O)NC(Cc1ccc(O)cc1)C(N)=O)C(C)C)Cc1ccccc1. The Balaban J connectivity index is 1.01. The molecule has 11 N–H and O–H groups in total. The number of aromatic nitrogens is 3. The number of hydrogen-bond acceptors (Lipinski definition) is 12. The molecule has 0 radical (unpaired) electrons. The fraction of sp³-hybridized carbons (Fsp3) is 0.333. The van der Waals surface area contributed by atoms with E-state index in [0.717, 1.165) is 16.5 Å². The molecule has 8 amide bonds. The molecule has 1 saturated heterocycles. The number of para-hydroxylation sites is 1. The van der Waals surface area contributed by atoms with Gasteiger partial charge in [0, 0.05) is 75.2 Å². The number of primary amides is 1. The lowest BCUT2D eigenvalue weighted by molar-refractivity contribution is -0.142. The third kappa shape index (κ3) is 17.8. The van der Waals surface area contributed by atoms with Crippen molar-refractivity contribution in [3.8, 4) is 5.75 Å². The number of rotatable bonds is 30. The van der Waals surface area contributed by atoms with Crippen LogP contribution in [0.5, 0.6) is 5.75 Å². The molecule has 2 aromatic heterocycles. The fourth-order valence-corrected chi connectivity index (χ4v) is 11.0. The van der Waals surface area contributed by atoms with E-state index in [2.05, 4.69) is 47.2 Å². The van der Waals surface area contributed by atoms with E-state index in [1.165, 1.54) is 41.0 Å². The molecule has 22 nitrogen and oxygen atoms in total. The number of imidazole rings is 1. The molecule has 8 unspecified atom stereocenters. The molecule has 0 aliphatic carbocycles. The monoisotopic (exact) mass is 1200 g/mol. The maximum Gasteiger partial charge on any atom is 0.246 e. The van der Waals surface area contributed by atoms with Gasteiger partial charge >= 0.3 is 0 Å². The number of aromatic amines is 1. The third-order valence-corrected chi connectivity index (χ3v) is 15.6. The Labute approximate surface area is 510 Å². The second kappa shape index (κ2) is 30.9. The van der Waals surface area contributed by atoms with Crippen molar-refractivity contribution in [1.82, 2.24) is 56.7 Å². The zero-order valence-electron chi connectivity index (χ0n) is 49.4. The Bertz CT molecular complexity index is 3510. The molecule has 22 heteroatoms. The van der Waals surface area contributed by atoms with E-state index in [1.54, 1.807) is 68.6 Å². The van der Waals surface area contributed by atoms with Gasteiger partial charge in [0.2, 0.25) is 53.7 Å². The molecular weight excluding hydrogens is 1120 g/mol. The summed E-state index contributed by atoms with van der Waals surface area (Å²) in [5.74, 6) is -5.26. The van der Waals surface area contributed by atoms with Crippen LogP contribution >= 0.6 is 0 Å². The average Bonchev–Trinajstić information content (AvgIpc) is 2.28. The minimum atomic E-state index is -1.26. The van der Waals surface area contributed by atoms with Gasteiger partial charge in [-0.25, -0.2) is 4.98 Å². The van der Waals surface area contributed by atoms with E-state index in [1.807, 2.05) is 78.9 Å². The first-order chi connectivity index (χ1) is 42.4. The van der Waals surface area contributed by atoms with Crippen LogP contribution in [0.15, 0.2) is 158 Å². The van der Waals surface area contributed by atoms with Gasteiger partial charge in [-0.1, -0.05) is 135 Å². The minimum Gasteiger partial charge on any atom is -0.508 e. The second-order valence-corrected chi connectivity index (χ2v) is 22.5. The molecule has 0 saturated carbocycles. The van der Waals surface area contributed by atoms with Crippen LogP contribution in [0.4, 0.5) is 0 Å². The van der Waals surface area contributed by atoms with Crippen molar-refractivity contribution in [3.05, 3.63) is 192 Å². The van der Waals surface area contributed by atoms with Gasteiger partial charge in [-0.05, 0) is 77.6 Å². The molecule has 3 heterocycles. The van der Waals surface area contributed by atoms with Crippen LogP contribution in [0.2, 0.25) is 0 Å². The zero-order chi connectivity index (χ0) is 62.7. The van der Waals surface area contributed by atoms with Crippen LogP contribution in [0.3, 0.4) is 0 Å². The molecule has 0 spiro atoms. The first-order valence-corrected chi connectivity index (χ1v) is 29.5. The van der Waals surface area contributed by atoms with Gasteiger partial charge in [-0.2, -0.15) is 0 Å². The van der Waals surface area contributed by atoms with E-state index >= 15 is 0 Å². The summed E-state index contributed by atoms with van der Waals surface area (Å²) in [5, 5.41) is 31.3. The summed E-state index contributed by atoms with van der Waals surface area (Å²) >= 11 is 0. The van der Waals surface area contributed by atoms with Crippen LogP contribution in [0.1, 0.15) is 67.1 Å². The Kier molecular flexibility index (Phi) is 22.5. The summed E-state index contributed by atoms with van der Waals surface area (Å²) in [6.07, 6.45) is 6.42. The Morgan fingerprint density at radius 3 is 1.78 bits per heavy atom.